The van der Waals surface area contributed by atoms with Crippen LogP contribution in [-0.2, 0) is 65.4 Å². The molecule has 0 fully saturated rings. The highest BCUT2D eigenvalue weighted by molar-refractivity contribution is 7.47. The summed E-state index contributed by atoms with van der Waals surface area (Å²) in [4.78, 5) is 72.4. The molecule has 0 saturated heterocycles. The number of aliphatic hydroxyl groups is 1. The van der Waals surface area contributed by atoms with Crippen LogP contribution >= 0.6 is 15.6 Å². The molecule has 0 aromatic carbocycles. The second-order valence-electron chi connectivity index (χ2n) is 27.0. The zero-order valence-corrected chi connectivity index (χ0v) is 62.7. The average molecular weight is 1380 g/mol. The highest BCUT2D eigenvalue weighted by Gasteiger charge is 2.30. The number of hydrogen-bond donors (Lipinski definition) is 3. The Balaban J connectivity index is 5.09. The van der Waals surface area contributed by atoms with Crippen molar-refractivity contribution in [3.8, 4) is 0 Å². The summed E-state index contributed by atoms with van der Waals surface area (Å²) in [5, 5.41) is 10.6. The molecule has 0 rings (SSSR count). The van der Waals surface area contributed by atoms with Gasteiger partial charge in [0.15, 0.2) is 12.2 Å². The molecule has 0 heterocycles. The number of esters is 4. The maximum atomic E-state index is 13.1. The van der Waals surface area contributed by atoms with E-state index in [1.54, 1.807) is 0 Å². The van der Waals surface area contributed by atoms with Crippen molar-refractivity contribution in [2.24, 2.45) is 0 Å². The fourth-order valence-electron chi connectivity index (χ4n) is 11.6. The molecule has 558 valence electrons. The van der Waals surface area contributed by atoms with Crippen molar-refractivity contribution in [1.82, 2.24) is 0 Å². The van der Waals surface area contributed by atoms with Crippen LogP contribution in [0.15, 0.2) is 0 Å². The first-order valence-electron chi connectivity index (χ1n) is 39.3. The van der Waals surface area contributed by atoms with Gasteiger partial charge in [-0.15, -0.1) is 0 Å². The molecule has 0 aromatic rings. The molecule has 0 aliphatic heterocycles. The first kappa shape index (κ1) is 92.1. The minimum Gasteiger partial charge on any atom is -0.462 e. The third kappa shape index (κ3) is 68.6. The molecule has 0 aromatic heterocycles. The Morgan fingerprint density at radius 3 is 0.628 bits per heavy atom. The lowest BCUT2D eigenvalue weighted by Gasteiger charge is -2.21. The number of carbonyl (C=O) groups is 4. The molecule has 17 nitrogen and oxygen atoms in total. The van der Waals surface area contributed by atoms with Crippen LogP contribution in [0.1, 0.15) is 400 Å². The van der Waals surface area contributed by atoms with E-state index in [4.69, 9.17) is 37.0 Å². The van der Waals surface area contributed by atoms with Gasteiger partial charge in [-0.25, -0.2) is 9.13 Å². The lowest BCUT2D eigenvalue weighted by Crippen LogP contribution is -2.30. The smallest absolute Gasteiger partial charge is 0.462 e. The van der Waals surface area contributed by atoms with Crippen molar-refractivity contribution in [2.45, 2.75) is 418 Å². The highest BCUT2D eigenvalue weighted by Crippen LogP contribution is 2.45. The van der Waals surface area contributed by atoms with E-state index in [0.717, 1.165) is 116 Å². The van der Waals surface area contributed by atoms with Crippen molar-refractivity contribution in [3.05, 3.63) is 0 Å². The standard InChI is InChI=1S/C75H146O17P2/c1-5-9-13-17-21-23-25-27-29-31-33-35-37-39-41-43-45-49-52-56-60-73(78)86-66-71(92-75(80)62-58-54-50-46-44-42-40-38-36-34-32-30-28-26-24-22-18-14-10-6-2)68-90-94(83,84)88-64-69(76)63-87-93(81,82)89-67-70(91-74(79)61-57-53-48-20-16-12-8-4)65-85-72(77)59-55-51-47-19-15-11-7-3/h69-71,76H,5-68H2,1-4H3,(H,81,82)(H,83,84)/t69-,70+,71+/m0/s1. The Labute approximate surface area is 575 Å². The fraction of sp³-hybridized carbons (Fsp3) is 0.947. The van der Waals surface area contributed by atoms with Crippen LogP contribution in [0.25, 0.3) is 0 Å². The summed E-state index contributed by atoms with van der Waals surface area (Å²) in [6.45, 7) is 4.88. The van der Waals surface area contributed by atoms with Crippen LogP contribution in [-0.4, -0.2) is 96.7 Å². The number of phosphoric acid groups is 2. The molecule has 0 amide bonds. The lowest BCUT2D eigenvalue weighted by atomic mass is 10.0. The third-order valence-corrected chi connectivity index (χ3v) is 19.5. The molecule has 0 aliphatic carbocycles. The molecular formula is C75H146O17P2. The first-order chi connectivity index (χ1) is 45.7. The van der Waals surface area contributed by atoms with Gasteiger partial charge in [-0.05, 0) is 25.7 Å². The van der Waals surface area contributed by atoms with Crippen molar-refractivity contribution >= 4 is 39.5 Å². The van der Waals surface area contributed by atoms with E-state index in [0.29, 0.717) is 25.7 Å². The van der Waals surface area contributed by atoms with Crippen LogP contribution in [0, 0.1) is 0 Å². The van der Waals surface area contributed by atoms with Crippen molar-refractivity contribution in [1.29, 1.82) is 0 Å². The predicted molar refractivity (Wildman–Crippen MR) is 382 cm³/mol. The number of rotatable bonds is 76. The van der Waals surface area contributed by atoms with Crippen molar-refractivity contribution in [2.75, 3.05) is 39.6 Å². The topological polar surface area (TPSA) is 237 Å². The van der Waals surface area contributed by atoms with E-state index >= 15 is 0 Å². The number of unbranched alkanes of at least 4 members (excludes halogenated alkanes) is 50. The zero-order chi connectivity index (χ0) is 69.0. The maximum absolute atomic E-state index is 13.1. The Morgan fingerprint density at radius 2 is 0.426 bits per heavy atom. The molecule has 3 N–H and O–H groups in total. The number of phosphoric ester groups is 2. The lowest BCUT2D eigenvalue weighted by molar-refractivity contribution is -0.161. The minimum atomic E-state index is -4.95. The zero-order valence-electron chi connectivity index (χ0n) is 60.9. The van der Waals surface area contributed by atoms with E-state index in [1.807, 2.05) is 0 Å². The Morgan fingerprint density at radius 1 is 0.255 bits per heavy atom. The summed E-state index contributed by atoms with van der Waals surface area (Å²) >= 11 is 0. The quantitative estimate of drug-likeness (QED) is 0.0222. The third-order valence-electron chi connectivity index (χ3n) is 17.6. The van der Waals surface area contributed by atoms with Crippen molar-refractivity contribution < 1.29 is 80.2 Å². The summed E-state index contributed by atoms with van der Waals surface area (Å²) in [5.41, 5.74) is 0. The summed E-state index contributed by atoms with van der Waals surface area (Å²) in [7, 11) is -9.89. The molecule has 94 heavy (non-hydrogen) atoms. The summed E-state index contributed by atoms with van der Waals surface area (Å²) < 4.78 is 68.2. The minimum absolute atomic E-state index is 0.104. The SMILES string of the molecule is CCCCCCCCCCCCCCCCCCCCCCC(=O)OC[C@H](COP(=O)(O)OC[C@@H](O)COP(=O)(O)OC[C@@H](COC(=O)CCCCCCCCC)OC(=O)CCCCCCCCC)OC(=O)CCCCCCCCCCCCCCCCCCCCCC. The van der Waals surface area contributed by atoms with Crippen LogP contribution in [0.5, 0.6) is 0 Å². The van der Waals surface area contributed by atoms with Crippen LogP contribution in [0.4, 0.5) is 0 Å². The molecule has 2 unspecified atom stereocenters. The monoisotopic (exact) mass is 1380 g/mol. The molecule has 0 spiro atoms. The Bertz CT molecular complexity index is 1790. The Kier molecular flexibility index (Phi) is 68.1. The molecular weight excluding hydrogens is 1230 g/mol. The van der Waals surface area contributed by atoms with E-state index in [-0.39, 0.29) is 25.7 Å². The van der Waals surface area contributed by atoms with E-state index in [2.05, 4.69) is 27.7 Å². The normalized spacial score (nSPS) is 13.9. The van der Waals surface area contributed by atoms with Gasteiger partial charge in [-0.2, -0.15) is 0 Å². The van der Waals surface area contributed by atoms with Gasteiger partial charge in [-0.3, -0.25) is 37.3 Å². The average Bonchev–Trinajstić information content (AvgIpc) is 2.22. The molecule has 0 aliphatic rings. The summed E-state index contributed by atoms with van der Waals surface area (Å²) in [5.74, 6) is -2.13. The second kappa shape index (κ2) is 69.5. The molecule has 0 radical (unpaired) electrons. The van der Waals surface area contributed by atoms with Crippen molar-refractivity contribution in [3.63, 3.8) is 0 Å². The first-order valence-corrected chi connectivity index (χ1v) is 42.3. The van der Waals surface area contributed by atoms with Crippen LogP contribution < -0.4 is 0 Å². The van der Waals surface area contributed by atoms with Gasteiger partial charge in [0.1, 0.15) is 19.3 Å². The van der Waals surface area contributed by atoms with E-state index in [9.17, 15) is 43.2 Å². The van der Waals surface area contributed by atoms with Gasteiger partial charge in [0.25, 0.3) is 0 Å². The second-order valence-corrected chi connectivity index (χ2v) is 29.9. The number of hydrogen-bond acceptors (Lipinski definition) is 15. The largest absolute Gasteiger partial charge is 0.472 e. The van der Waals surface area contributed by atoms with Gasteiger partial charge in [-0.1, -0.05) is 349 Å². The molecule has 0 saturated carbocycles. The molecule has 0 bridgehead atoms. The van der Waals surface area contributed by atoms with Crippen LogP contribution in [0.3, 0.4) is 0 Å². The van der Waals surface area contributed by atoms with E-state index < -0.39 is 97.5 Å². The van der Waals surface area contributed by atoms with E-state index in [1.165, 1.54) is 205 Å². The van der Waals surface area contributed by atoms with Gasteiger partial charge >= 0.3 is 39.5 Å². The number of aliphatic hydroxyl groups excluding tert-OH is 1. The predicted octanol–water partition coefficient (Wildman–Crippen LogP) is 22.2. The van der Waals surface area contributed by atoms with Crippen LogP contribution in [0.2, 0.25) is 0 Å². The number of ether oxygens (including phenoxy) is 4. The summed E-state index contributed by atoms with van der Waals surface area (Å²) in [6, 6.07) is 0. The number of carbonyl (C=O) groups excluding carboxylic acids is 4. The van der Waals surface area contributed by atoms with Gasteiger partial charge < -0.3 is 33.8 Å². The summed E-state index contributed by atoms with van der Waals surface area (Å²) in [6.07, 6.45) is 60.3. The molecule has 5 atom stereocenters. The van der Waals surface area contributed by atoms with Gasteiger partial charge in [0.05, 0.1) is 26.4 Å². The molecule has 19 heteroatoms. The van der Waals surface area contributed by atoms with Gasteiger partial charge in [0.2, 0.25) is 0 Å². The fourth-order valence-corrected chi connectivity index (χ4v) is 13.2. The Hall–Kier alpha value is -1.94. The van der Waals surface area contributed by atoms with Gasteiger partial charge in [0, 0.05) is 25.7 Å². The maximum Gasteiger partial charge on any atom is 0.472 e. The highest BCUT2D eigenvalue weighted by atomic mass is 31.2.